The van der Waals surface area contributed by atoms with Gasteiger partial charge in [0.1, 0.15) is 18.1 Å². The molecular weight excluding hydrogens is 268 g/mol. The van der Waals surface area contributed by atoms with Gasteiger partial charge in [-0.3, -0.25) is 0 Å². The number of hydrogen-bond donors (Lipinski definition) is 1. The highest BCUT2D eigenvalue weighted by molar-refractivity contribution is 5.31. The number of rotatable bonds is 7. The Morgan fingerprint density at radius 2 is 1.86 bits per heavy atom. The predicted molar refractivity (Wildman–Crippen MR) is 80.5 cm³/mol. The maximum absolute atomic E-state index is 5.71. The lowest BCUT2D eigenvalue weighted by Gasteiger charge is -2.11. The van der Waals surface area contributed by atoms with Crippen LogP contribution in [0, 0.1) is 0 Å². The second-order valence-electron chi connectivity index (χ2n) is 5.03. The van der Waals surface area contributed by atoms with Crippen molar-refractivity contribution in [3.8, 4) is 11.5 Å². The highest BCUT2D eigenvalue weighted by atomic mass is 16.5. The Kier molecular flexibility index (Phi) is 5.16. The molecule has 0 amide bonds. The van der Waals surface area contributed by atoms with E-state index in [1.165, 1.54) is 0 Å². The molecule has 0 saturated carbocycles. The van der Waals surface area contributed by atoms with Crippen molar-refractivity contribution in [2.24, 2.45) is 5.73 Å². The van der Waals surface area contributed by atoms with Gasteiger partial charge < -0.3 is 15.2 Å². The minimum Gasteiger partial charge on any atom is -0.497 e. The molecule has 0 spiro atoms. The van der Waals surface area contributed by atoms with E-state index in [0.717, 1.165) is 22.9 Å². The van der Waals surface area contributed by atoms with Crippen LogP contribution >= 0.6 is 0 Å². The number of nitrogens with two attached hydrogens (primary N) is 1. The Hall–Kier alpha value is -2.08. The molecule has 0 fully saturated rings. The van der Waals surface area contributed by atoms with Gasteiger partial charge in [0.25, 0.3) is 0 Å². The van der Waals surface area contributed by atoms with Gasteiger partial charge in [0.15, 0.2) is 0 Å². The molecule has 6 nitrogen and oxygen atoms in total. The molecule has 1 heterocycles. The summed E-state index contributed by atoms with van der Waals surface area (Å²) in [5.41, 5.74) is 7.63. The first-order chi connectivity index (χ1) is 10.2. The number of benzene rings is 1. The van der Waals surface area contributed by atoms with Gasteiger partial charge in [0.2, 0.25) is 0 Å². The molecular formula is C15H22N4O2. The van der Waals surface area contributed by atoms with Gasteiger partial charge in [-0.1, -0.05) is 19.1 Å². The zero-order chi connectivity index (χ0) is 15.2. The first-order valence-corrected chi connectivity index (χ1v) is 7.05. The Morgan fingerprint density at radius 3 is 2.43 bits per heavy atom. The summed E-state index contributed by atoms with van der Waals surface area (Å²) in [4.78, 5) is 0. The predicted octanol–water partition coefficient (Wildman–Crippen LogP) is 1.95. The van der Waals surface area contributed by atoms with E-state index in [4.69, 9.17) is 15.2 Å². The van der Waals surface area contributed by atoms with Gasteiger partial charge in [-0.15, -0.1) is 5.10 Å². The highest BCUT2D eigenvalue weighted by Gasteiger charge is 2.14. The van der Waals surface area contributed by atoms with Crippen molar-refractivity contribution in [3.05, 3.63) is 35.7 Å². The van der Waals surface area contributed by atoms with Gasteiger partial charge in [-0.05, 0) is 30.2 Å². The molecule has 1 aromatic carbocycles. The van der Waals surface area contributed by atoms with Gasteiger partial charge in [0.05, 0.1) is 25.0 Å². The lowest BCUT2D eigenvalue weighted by molar-refractivity contribution is 0.286. The summed E-state index contributed by atoms with van der Waals surface area (Å²) in [6.45, 7) is 5.80. The van der Waals surface area contributed by atoms with Crippen LogP contribution in [0.5, 0.6) is 11.5 Å². The van der Waals surface area contributed by atoms with Crippen LogP contribution in [-0.4, -0.2) is 28.7 Å². The van der Waals surface area contributed by atoms with Crippen LogP contribution in [0.4, 0.5) is 0 Å². The molecule has 21 heavy (non-hydrogen) atoms. The van der Waals surface area contributed by atoms with Crippen molar-refractivity contribution in [2.75, 3.05) is 13.7 Å². The Labute approximate surface area is 124 Å². The van der Waals surface area contributed by atoms with E-state index in [2.05, 4.69) is 24.2 Å². The SMILES string of the molecule is COc1ccc(OCCn2nnc(CN)c2C(C)C)cc1. The maximum atomic E-state index is 5.71. The average molecular weight is 290 g/mol. The van der Waals surface area contributed by atoms with E-state index in [9.17, 15) is 0 Å². The Morgan fingerprint density at radius 1 is 1.19 bits per heavy atom. The normalized spacial score (nSPS) is 10.9. The van der Waals surface area contributed by atoms with Crippen LogP contribution in [0.3, 0.4) is 0 Å². The summed E-state index contributed by atoms with van der Waals surface area (Å²) >= 11 is 0. The molecule has 0 bridgehead atoms. The summed E-state index contributed by atoms with van der Waals surface area (Å²) in [6.07, 6.45) is 0. The summed E-state index contributed by atoms with van der Waals surface area (Å²) in [5.74, 6) is 1.95. The quantitative estimate of drug-likeness (QED) is 0.843. The third kappa shape index (κ3) is 3.72. The van der Waals surface area contributed by atoms with Crippen LogP contribution in [0.2, 0.25) is 0 Å². The second-order valence-corrected chi connectivity index (χ2v) is 5.03. The first-order valence-electron chi connectivity index (χ1n) is 7.05. The summed E-state index contributed by atoms with van der Waals surface area (Å²) in [5, 5.41) is 8.27. The number of hydrogen-bond acceptors (Lipinski definition) is 5. The molecule has 0 aliphatic carbocycles. The lowest BCUT2D eigenvalue weighted by Crippen LogP contribution is -2.14. The molecule has 0 atom stereocenters. The van der Waals surface area contributed by atoms with Crippen LogP contribution < -0.4 is 15.2 Å². The molecule has 0 unspecified atom stereocenters. The van der Waals surface area contributed by atoms with Gasteiger partial charge >= 0.3 is 0 Å². The highest BCUT2D eigenvalue weighted by Crippen LogP contribution is 2.19. The molecule has 2 aromatic rings. The fraction of sp³-hybridized carbons (Fsp3) is 0.467. The van der Waals surface area contributed by atoms with Gasteiger partial charge in [-0.2, -0.15) is 0 Å². The van der Waals surface area contributed by atoms with Gasteiger partial charge in [-0.25, -0.2) is 4.68 Å². The summed E-state index contributed by atoms with van der Waals surface area (Å²) < 4.78 is 12.7. The Bertz CT molecular complexity index is 564. The monoisotopic (exact) mass is 290 g/mol. The van der Waals surface area contributed by atoms with E-state index in [1.807, 2.05) is 28.9 Å². The average Bonchev–Trinajstić information content (AvgIpc) is 2.91. The zero-order valence-corrected chi connectivity index (χ0v) is 12.7. The minimum absolute atomic E-state index is 0.333. The Balaban J connectivity index is 1.95. The topological polar surface area (TPSA) is 75.2 Å². The van der Waals surface area contributed by atoms with Crippen LogP contribution in [0.15, 0.2) is 24.3 Å². The molecule has 0 radical (unpaired) electrons. The summed E-state index contributed by atoms with van der Waals surface area (Å²) in [7, 11) is 1.64. The summed E-state index contributed by atoms with van der Waals surface area (Å²) in [6, 6.07) is 7.51. The molecule has 1 aromatic heterocycles. The largest absolute Gasteiger partial charge is 0.497 e. The molecule has 0 saturated heterocycles. The van der Waals surface area contributed by atoms with Crippen LogP contribution in [0.1, 0.15) is 31.2 Å². The standard InChI is InChI=1S/C15H22N4O2/c1-11(2)15-14(10-16)17-18-19(15)8-9-21-13-6-4-12(20-3)5-7-13/h4-7,11H,8-10,16H2,1-3H3. The van der Waals surface area contributed by atoms with Crippen molar-refractivity contribution in [1.29, 1.82) is 0 Å². The number of aromatic nitrogens is 3. The van der Waals surface area contributed by atoms with E-state index < -0.39 is 0 Å². The third-order valence-electron chi connectivity index (χ3n) is 3.22. The van der Waals surface area contributed by atoms with Crippen LogP contribution in [-0.2, 0) is 13.1 Å². The lowest BCUT2D eigenvalue weighted by atomic mass is 10.1. The number of ether oxygens (including phenoxy) is 2. The second kappa shape index (κ2) is 7.08. The van der Waals surface area contributed by atoms with Crippen molar-refractivity contribution < 1.29 is 9.47 Å². The smallest absolute Gasteiger partial charge is 0.119 e. The fourth-order valence-corrected chi connectivity index (χ4v) is 2.22. The molecule has 0 aliphatic heterocycles. The van der Waals surface area contributed by atoms with E-state index in [1.54, 1.807) is 7.11 Å². The third-order valence-corrected chi connectivity index (χ3v) is 3.22. The number of nitrogens with zero attached hydrogens (tertiary/aromatic N) is 3. The molecule has 114 valence electrons. The van der Waals surface area contributed by atoms with Crippen molar-refractivity contribution in [1.82, 2.24) is 15.0 Å². The first kappa shape index (κ1) is 15.3. The van der Waals surface area contributed by atoms with Crippen molar-refractivity contribution in [2.45, 2.75) is 32.9 Å². The van der Waals surface area contributed by atoms with Crippen LogP contribution in [0.25, 0.3) is 0 Å². The van der Waals surface area contributed by atoms with E-state index >= 15 is 0 Å². The van der Waals surface area contributed by atoms with Crippen molar-refractivity contribution in [3.63, 3.8) is 0 Å². The van der Waals surface area contributed by atoms with E-state index in [0.29, 0.717) is 25.6 Å². The maximum Gasteiger partial charge on any atom is 0.119 e. The molecule has 0 aliphatic rings. The molecule has 2 rings (SSSR count). The minimum atomic E-state index is 0.333. The number of methoxy groups -OCH3 is 1. The zero-order valence-electron chi connectivity index (χ0n) is 12.7. The molecule has 2 N–H and O–H groups in total. The van der Waals surface area contributed by atoms with Gasteiger partial charge in [0, 0.05) is 6.54 Å². The fourth-order valence-electron chi connectivity index (χ4n) is 2.22. The molecule has 6 heteroatoms. The van der Waals surface area contributed by atoms with Crippen molar-refractivity contribution >= 4 is 0 Å². The van der Waals surface area contributed by atoms with E-state index in [-0.39, 0.29) is 0 Å².